The summed E-state index contributed by atoms with van der Waals surface area (Å²) >= 11 is 0. The number of hydrogen-bond donors (Lipinski definition) is 0. The summed E-state index contributed by atoms with van der Waals surface area (Å²) in [4.78, 5) is 34.9. The monoisotopic (exact) mass is 353 g/mol. The molecule has 0 N–H and O–H groups in total. The second kappa shape index (κ2) is 7.47. The molecule has 0 unspecified atom stereocenters. The van der Waals surface area contributed by atoms with Crippen LogP contribution in [0.15, 0.2) is 48.5 Å². The number of carbonyl (C=O) groups excluding carboxylic acids is 2. The molecule has 3 rings (SSSR count). The summed E-state index contributed by atoms with van der Waals surface area (Å²) in [5.41, 5.74) is 2.31. The Morgan fingerprint density at radius 3 is 2.04 bits per heavy atom. The van der Waals surface area contributed by atoms with E-state index in [1.54, 1.807) is 24.3 Å². The Morgan fingerprint density at radius 1 is 0.962 bits per heavy atom. The van der Waals surface area contributed by atoms with E-state index in [1.807, 2.05) is 12.1 Å². The number of methoxy groups -OCH3 is 1. The minimum absolute atomic E-state index is 0.0341. The van der Waals surface area contributed by atoms with Gasteiger partial charge in [-0.25, -0.2) is 0 Å². The van der Waals surface area contributed by atoms with Gasteiger partial charge in [0.15, 0.2) is 5.78 Å². The van der Waals surface area contributed by atoms with Crippen LogP contribution in [0.1, 0.15) is 29.6 Å². The van der Waals surface area contributed by atoms with Gasteiger partial charge < -0.3 is 4.74 Å². The van der Waals surface area contributed by atoms with Crippen LogP contribution in [-0.4, -0.2) is 23.8 Å². The molecule has 0 saturated heterocycles. The molecular weight excluding hydrogens is 334 g/mol. The van der Waals surface area contributed by atoms with Gasteiger partial charge in [-0.05, 0) is 36.1 Å². The van der Waals surface area contributed by atoms with Gasteiger partial charge in [0.2, 0.25) is 0 Å². The molecule has 0 radical (unpaired) electrons. The highest BCUT2D eigenvalue weighted by atomic mass is 16.6. The summed E-state index contributed by atoms with van der Waals surface area (Å²) in [6, 6.07) is 13.4. The molecule has 6 heteroatoms. The lowest BCUT2D eigenvalue weighted by molar-refractivity contribution is -0.384. The Hall–Kier alpha value is -3.02. The first-order valence-corrected chi connectivity index (χ1v) is 8.48. The van der Waals surface area contributed by atoms with E-state index in [2.05, 4.69) is 0 Å². The molecule has 1 saturated carbocycles. The van der Waals surface area contributed by atoms with Crippen LogP contribution in [0.25, 0.3) is 11.1 Å². The Morgan fingerprint density at radius 2 is 1.50 bits per heavy atom. The number of esters is 1. The third-order valence-electron chi connectivity index (χ3n) is 4.94. The third-order valence-corrected chi connectivity index (χ3v) is 4.94. The van der Waals surface area contributed by atoms with Gasteiger partial charge in [0.1, 0.15) is 0 Å². The van der Waals surface area contributed by atoms with Gasteiger partial charge in [-0.1, -0.05) is 30.7 Å². The zero-order valence-corrected chi connectivity index (χ0v) is 14.4. The van der Waals surface area contributed by atoms with Crippen molar-refractivity contribution in [3.05, 3.63) is 64.2 Å². The normalized spacial score (nSPS) is 19.1. The molecule has 0 aromatic heterocycles. The maximum atomic E-state index is 12.8. The van der Waals surface area contributed by atoms with Crippen LogP contribution in [0.3, 0.4) is 0 Å². The molecule has 1 aliphatic carbocycles. The van der Waals surface area contributed by atoms with E-state index in [9.17, 15) is 19.7 Å². The Labute approximate surface area is 150 Å². The molecular formula is C20H19NO5. The topological polar surface area (TPSA) is 86.5 Å². The second-order valence-corrected chi connectivity index (χ2v) is 6.41. The molecule has 1 fully saturated rings. The van der Waals surface area contributed by atoms with E-state index in [0.717, 1.165) is 17.5 Å². The highest BCUT2D eigenvalue weighted by Crippen LogP contribution is 2.35. The highest BCUT2D eigenvalue weighted by molar-refractivity contribution is 6.00. The van der Waals surface area contributed by atoms with E-state index in [-0.39, 0.29) is 29.3 Å². The van der Waals surface area contributed by atoms with Gasteiger partial charge in [-0.2, -0.15) is 0 Å². The molecule has 0 aliphatic heterocycles. The van der Waals surface area contributed by atoms with Crippen molar-refractivity contribution in [3.63, 3.8) is 0 Å². The Bertz CT molecular complexity index is 826. The number of carbonyl (C=O) groups is 2. The first-order chi connectivity index (χ1) is 12.5. The fraction of sp³-hybridized carbons (Fsp3) is 0.300. The second-order valence-electron chi connectivity index (χ2n) is 6.41. The lowest BCUT2D eigenvalue weighted by Gasteiger charge is -2.16. The highest BCUT2D eigenvalue weighted by Gasteiger charge is 2.38. The maximum Gasteiger partial charge on any atom is 0.309 e. The number of ketones is 1. The number of nitro benzene ring substituents is 1. The molecule has 2 atom stereocenters. The smallest absolute Gasteiger partial charge is 0.309 e. The summed E-state index contributed by atoms with van der Waals surface area (Å²) in [5, 5.41) is 10.7. The van der Waals surface area contributed by atoms with Gasteiger partial charge in [0.25, 0.3) is 5.69 Å². The standard InChI is InChI=1S/C20H19NO5/c1-26-20(23)18-4-2-3-17(18)19(22)15-7-5-13(6-8-15)14-9-11-16(12-10-14)21(24)25/h5-12,17-18H,2-4H2,1H3/t17-,18-/m1/s1. The summed E-state index contributed by atoms with van der Waals surface area (Å²) in [6.45, 7) is 0. The van der Waals surface area contributed by atoms with Crippen LogP contribution in [0.5, 0.6) is 0 Å². The Kier molecular flexibility index (Phi) is 5.11. The third kappa shape index (κ3) is 3.49. The number of rotatable bonds is 5. The van der Waals surface area contributed by atoms with Crippen molar-refractivity contribution in [1.29, 1.82) is 0 Å². The molecule has 0 amide bonds. The predicted molar refractivity (Wildman–Crippen MR) is 95.7 cm³/mol. The van der Waals surface area contributed by atoms with Gasteiger partial charge in [-0.3, -0.25) is 19.7 Å². The van der Waals surface area contributed by atoms with Crippen LogP contribution < -0.4 is 0 Å². The largest absolute Gasteiger partial charge is 0.469 e. The first-order valence-electron chi connectivity index (χ1n) is 8.48. The number of benzene rings is 2. The van der Waals surface area contributed by atoms with Crippen molar-refractivity contribution in [3.8, 4) is 11.1 Å². The fourth-order valence-corrected chi connectivity index (χ4v) is 3.52. The first kappa shape index (κ1) is 17.8. The van der Waals surface area contributed by atoms with E-state index in [0.29, 0.717) is 18.4 Å². The number of non-ortho nitro benzene ring substituents is 1. The van der Waals surface area contributed by atoms with Crippen molar-refractivity contribution >= 4 is 17.4 Å². The summed E-state index contributed by atoms with van der Waals surface area (Å²) < 4.78 is 4.81. The minimum atomic E-state index is -0.440. The summed E-state index contributed by atoms with van der Waals surface area (Å²) in [7, 11) is 1.35. The van der Waals surface area contributed by atoms with Crippen LogP contribution in [-0.2, 0) is 9.53 Å². The van der Waals surface area contributed by atoms with Gasteiger partial charge in [0, 0.05) is 23.6 Å². The Balaban J connectivity index is 1.77. The van der Waals surface area contributed by atoms with Crippen molar-refractivity contribution < 1.29 is 19.2 Å². The zero-order chi connectivity index (χ0) is 18.7. The quantitative estimate of drug-likeness (QED) is 0.350. The average Bonchev–Trinajstić information content (AvgIpc) is 3.17. The van der Waals surface area contributed by atoms with Crippen LogP contribution >= 0.6 is 0 Å². The summed E-state index contributed by atoms with van der Waals surface area (Å²) in [5.74, 6) is -1.04. The van der Waals surface area contributed by atoms with E-state index in [4.69, 9.17) is 4.74 Å². The number of Topliss-reactive ketones (excluding diaryl/α,β-unsaturated/α-hetero) is 1. The molecule has 0 heterocycles. The van der Waals surface area contributed by atoms with Gasteiger partial charge in [-0.15, -0.1) is 0 Å². The summed E-state index contributed by atoms with van der Waals surface area (Å²) in [6.07, 6.45) is 2.23. The number of nitrogens with zero attached hydrogens (tertiary/aromatic N) is 1. The van der Waals surface area contributed by atoms with E-state index >= 15 is 0 Å². The molecule has 0 spiro atoms. The fourth-order valence-electron chi connectivity index (χ4n) is 3.52. The van der Waals surface area contributed by atoms with Gasteiger partial charge in [0.05, 0.1) is 18.0 Å². The average molecular weight is 353 g/mol. The number of ether oxygens (including phenoxy) is 1. The lowest BCUT2D eigenvalue weighted by Crippen LogP contribution is -2.26. The minimum Gasteiger partial charge on any atom is -0.469 e. The van der Waals surface area contributed by atoms with Crippen molar-refractivity contribution in [2.24, 2.45) is 11.8 Å². The molecule has 6 nitrogen and oxygen atoms in total. The number of hydrogen-bond acceptors (Lipinski definition) is 5. The van der Waals surface area contributed by atoms with E-state index in [1.165, 1.54) is 19.2 Å². The molecule has 134 valence electrons. The maximum absolute atomic E-state index is 12.8. The van der Waals surface area contributed by atoms with Crippen molar-refractivity contribution in [2.45, 2.75) is 19.3 Å². The van der Waals surface area contributed by atoms with Crippen LogP contribution in [0, 0.1) is 22.0 Å². The van der Waals surface area contributed by atoms with E-state index < -0.39 is 4.92 Å². The van der Waals surface area contributed by atoms with Crippen LogP contribution in [0.4, 0.5) is 5.69 Å². The van der Waals surface area contributed by atoms with Crippen molar-refractivity contribution in [2.75, 3.05) is 7.11 Å². The molecule has 1 aliphatic rings. The molecule has 2 aromatic rings. The number of nitro groups is 1. The van der Waals surface area contributed by atoms with Crippen molar-refractivity contribution in [1.82, 2.24) is 0 Å². The molecule has 26 heavy (non-hydrogen) atoms. The molecule has 0 bridgehead atoms. The lowest BCUT2D eigenvalue weighted by atomic mass is 9.88. The molecule has 2 aromatic carbocycles. The van der Waals surface area contributed by atoms with Gasteiger partial charge >= 0.3 is 5.97 Å². The predicted octanol–water partition coefficient (Wildman–Crippen LogP) is 4.03. The van der Waals surface area contributed by atoms with Crippen LogP contribution in [0.2, 0.25) is 0 Å². The zero-order valence-electron chi connectivity index (χ0n) is 14.4. The SMILES string of the molecule is COC(=O)[C@@H]1CCC[C@H]1C(=O)c1ccc(-c2ccc([N+](=O)[O-])cc2)cc1.